The first-order valence-corrected chi connectivity index (χ1v) is 5.90. The molecule has 0 radical (unpaired) electrons. The standard InChI is InChI=1S/C16H10N2O/c17-11-12-5-7-14(8-6-12)18-10-9-13-3-1-2-4-15(13)16(18)19/h1-10H. The highest BCUT2D eigenvalue weighted by Gasteiger charge is 2.03. The number of rotatable bonds is 1. The number of nitriles is 1. The van der Waals surface area contributed by atoms with E-state index in [0.29, 0.717) is 10.9 Å². The highest BCUT2D eigenvalue weighted by atomic mass is 16.1. The number of fused-ring (bicyclic) bond motifs is 1. The lowest BCUT2D eigenvalue weighted by Gasteiger charge is -2.07. The lowest BCUT2D eigenvalue weighted by molar-refractivity contribution is 1.01. The van der Waals surface area contributed by atoms with Gasteiger partial charge in [-0.15, -0.1) is 0 Å². The minimum Gasteiger partial charge on any atom is -0.284 e. The van der Waals surface area contributed by atoms with Crippen LogP contribution in [0.25, 0.3) is 16.5 Å². The molecular formula is C16H10N2O. The Kier molecular flexibility index (Phi) is 2.62. The fourth-order valence-electron chi connectivity index (χ4n) is 2.09. The van der Waals surface area contributed by atoms with Crippen LogP contribution in [0, 0.1) is 11.3 Å². The van der Waals surface area contributed by atoms with Crippen LogP contribution in [0.1, 0.15) is 5.56 Å². The zero-order valence-corrected chi connectivity index (χ0v) is 10.1. The maximum absolute atomic E-state index is 12.4. The Morgan fingerprint density at radius 3 is 2.42 bits per heavy atom. The van der Waals surface area contributed by atoms with Gasteiger partial charge < -0.3 is 0 Å². The largest absolute Gasteiger partial charge is 0.284 e. The van der Waals surface area contributed by atoms with E-state index in [0.717, 1.165) is 11.1 Å². The van der Waals surface area contributed by atoms with E-state index in [9.17, 15) is 4.79 Å². The number of nitrogens with zero attached hydrogens (tertiary/aromatic N) is 2. The second kappa shape index (κ2) is 4.43. The summed E-state index contributed by atoms with van der Waals surface area (Å²) in [6.07, 6.45) is 1.76. The van der Waals surface area contributed by atoms with Gasteiger partial charge in [-0.3, -0.25) is 9.36 Å². The van der Waals surface area contributed by atoms with Crippen LogP contribution in [0.15, 0.2) is 65.6 Å². The molecule has 3 nitrogen and oxygen atoms in total. The second-order valence-electron chi connectivity index (χ2n) is 4.24. The average Bonchev–Trinajstić information content (AvgIpc) is 2.48. The van der Waals surface area contributed by atoms with Crippen molar-refractivity contribution in [1.29, 1.82) is 5.26 Å². The quantitative estimate of drug-likeness (QED) is 0.662. The number of hydrogen-bond donors (Lipinski definition) is 0. The number of hydrogen-bond acceptors (Lipinski definition) is 2. The van der Waals surface area contributed by atoms with Gasteiger partial charge in [-0.2, -0.15) is 5.26 Å². The van der Waals surface area contributed by atoms with Crippen molar-refractivity contribution in [3.63, 3.8) is 0 Å². The van der Waals surface area contributed by atoms with Gasteiger partial charge in [-0.1, -0.05) is 18.2 Å². The predicted octanol–water partition coefficient (Wildman–Crippen LogP) is 2.86. The molecule has 3 heteroatoms. The van der Waals surface area contributed by atoms with Gasteiger partial charge in [-0.25, -0.2) is 0 Å². The van der Waals surface area contributed by atoms with Gasteiger partial charge in [0.2, 0.25) is 0 Å². The van der Waals surface area contributed by atoms with E-state index in [1.54, 1.807) is 35.0 Å². The van der Waals surface area contributed by atoms with Crippen LogP contribution in [-0.2, 0) is 0 Å². The van der Waals surface area contributed by atoms with Crippen molar-refractivity contribution in [2.24, 2.45) is 0 Å². The van der Waals surface area contributed by atoms with Crippen LogP contribution in [0.5, 0.6) is 0 Å². The number of pyridine rings is 1. The summed E-state index contributed by atoms with van der Waals surface area (Å²) in [5, 5.41) is 10.4. The van der Waals surface area contributed by atoms with Crippen LogP contribution >= 0.6 is 0 Å². The average molecular weight is 246 g/mol. The van der Waals surface area contributed by atoms with Crippen molar-refractivity contribution in [1.82, 2.24) is 4.57 Å². The summed E-state index contributed by atoms with van der Waals surface area (Å²) in [5.41, 5.74) is 1.29. The molecule has 0 saturated heterocycles. The molecule has 0 N–H and O–H groups in total. The molecule has 0 saturated carbocycles. The summed E-state index contributed by atoms with van der Waals surface area (Å²) in [5.74, 6) is 0. The molecule has 0 spiro atoms. The van der Waals surface area contributed by atoms with Crippen LogP contribution in [-0.4, -0.2) is 4.57 Å². The molecule has 3 rings (SSSR count). The van der Waals surface area contributed by atoms with Gasteiger partial charge in [0.25, 0.3) is 5.56 Å². The second-order valence-corrected chi connectivity index (χ2v) is 4.24. The van der Waals surface area contributed by atoms with Crippen LogP contribution in [0.3, 0.4) is 0 Å². The molecule has 90 valence electrons. The summed E-state index contributed by atoms with van der Waals surface area (Å²) in [6, 6.07) is 18.4. The maximum atomic E-state index is 12.4. The molecule has 1 heterocycles. The SMILES string of the molecule is N#Cc1ccc(-n2ccc3ccccc3c2=O)cc1. The first-order valence-electron chi connectivity index (χ1n) is 5.90. The summed E-state index contributed by atoms with van der Waals surface area (Å²) in [7, 11) is 0. The van der Waals surface area contributed by atoms with Gasteiger partial charge in [0.05, 0.1) is 11.6 Å². The van der Waals surface area contributed by atoms with E-state index in [1.807, 2.05) is 30.3 Å². The zero-order valence-electron chi connectivity index (χ0n) is 10.1. The zero-order chi connectivity index (χ0) is 13.2. The normalized spacial score (nSPS) is 10.3. The van der Waals surface area contributed by atoms with Gasteiger partial charge >= 0.3 is 0 Å². The molecule has 0 unspecified atom stereocenters. The van der Waals surface area contributed by atoms with E-state index >= 15 is 0 Å². The lowest BCUT2D eigenvalue weighted by atomic mass is 10.1. The molecular weight excluding hydrogens is 236 g/mol. The van der Waals surface area contributed by atoms with Gasteiger partial charge in [0.1, 0.15) is 0 Å². The molecule has 2 aromatic carbocycles. The monoisotopic (exact) mass is 246 g/mol. The van der Waals surface area contributed by atoms with Crippen molar-refractivity contribution in [2.45, 2.75) is 0 Å². The molecule has 0 aliphatic rings. The van der Waals surface area contributed by atoms with E-state index in [1.165, 1.54) is 0 Å². The van der Waals surface area contributed by atoms with E-state index in [2.05, 4.69) is 6.07 Å². The van der Waals surface area contributed by atoms with Crippen LogP contribution in [0.4, 0.5) is 0 Å². The fraction of sp³-hybridized carbons (Fsp3) is 0. The van der Waals surface area contributed by atoms with Crippen LogP contribution in [0.2, 0.25) is 0 Å². The smallest absolute Gasteiger partial charge is 0.262 e. The Balaban J connectivity index is 2.23. The third kappa shape index (κ3) is 1.90. The molecule has 0 fully saturated rings. The molecule has 3 aromatic rings. The van der Waals surface area contributed by atoms with Crippen molar-refractivity contribution >= 4 is 10.8 Å². The molecule has 0 bridgehead atoms. The first-order chi connectivity index (χ1) is 9.29. The Labute approximate surface area is 110 Å². The summed E-state index contributed by atoms with van der Waals surface area (Å²) in [6.45, 7) is 0. The highest BCUT2D eigenvalue weighted by Crippen LogP contribution is 2.12. The lowest BCUT2D eigenvalue weighted by Crippen LogP contribution is -2.17. The van der Waals surface area contributed by atoms with E-state index < -0.39 is 0 Å². The Hall–Kier alpha value is -2.86. The summed E-state index contributed by atoms with van der Waals surface area (Å²) < 4.78 is 1.59. The van der Waals surface area contributed by atoms with Crippen molar-refractivity contribution in [2.75, 3.05) is 0 Å². The van der Waals surface area contributed by atoms with Crippen LogP contribution < -0.4 is 5.56 Å². The third-order valence-electron chi connectivity index (χ3n) is 3.09. The molecule has 0 aliphatic heterocycles. The maximum Gasteiger partial charge on any atom is 0.262 e. The van der Waals surface area contributed by atoms with Gasteiger partial charge in [0.15, 0.2) is 0 Å². The highest BCUT2D eigenvalue weighted by molar-refractivity contribution is 5.81. The Morgan fingerprint density at radius 2 is 1.68 bits per heavy atom. The summed E-state index contributed by atoms with van der Waals surface area (Å²) >= 11 is 0. The predicted molar refractivity (Wildman–Crippen MR) is 74.3 cm³/mol. The number of aromatic nitrogens is 1. The molecule has 0 atom stereocenters. The van der Waals surface area contributed by atoms with Crippen molar-refractivity contribution in [3.05, 3.63) is 76.7 Å². The van der Waals surface area contributed by atoms with E-state index in [-0.39, 0.29) is 5.56 Å². The Morgan fingerprint density at radius 1 is 0.947 bits per heavy atom. The third-order valence-corrected chi connectivity index (χ3v) is 3.09. The molecule has 0 aliphatic carbocycles. The van der Waals surface area contributed by atoms with Gasteiger partial charge in [-0.05, 0) is 41.8 Å². The molecule has 0 amide bonds. The number of benzene rings is 2. The molecule has 19 heavy (non-hydrogen) atoms. The Bertz CT molecular complexity index is 839. The van der Waals surface area contributed by atoms with Crippen molar-refractivity contribution in [3.8, 4) is 11.8 Å². The van der Waals surface area contributed by atoms with Gasteiger partial charge in [0, 0.05) is 17.3 Å². The fourth-order valence-corrected chi connectivity index (χ4v) is 2.09. The van der Waals surface area contributed by atoms with E-state index in [4.69, 9.17) is 5.26 Å². The summed E-state index contributed by atoms with van der Waals surface area (Å²) in [4.78, 5) is 12.4. The topological polar surface area (TPSA) is 45.8 Å². The minimum absolute atomic E-state index is 0.0530. The molecule has 1 aromatic heterocycles. The minimum atomic E-state index is -0.0530. The first kappa shape index (κ1) is 11.2. The van der Waals surface area contributed by atoms with Crippen molar-refractivity contribution < 1.29 is 0 Å².